The van der Waals surface area contributed by atoms with Gasteiger partial charge >= 0.3 is 0 Å². The van der Waals surface area contributed by atoms with Gasteiger partial charge in [-0.15, -0.1) is 0 Å². The van der Waals surface area contributed by atoms with Crippen molar-refractivity contribution in [1.29, 1.82) is 0 Å². The van der Waals surface area contributed by atoms with Gasteiger partial charge in [0.1, 0.15) is 0 Å². The van der Waals surface area contributed by atoms with Crippen LogP contribution in [0, 0.1) is 33.6 Å². The molecule has 116 valence electrons. The standard InChI is InChI=1S/C21H20O2/c1-10-11(2)13(4)19-18(12(10)3)17(22)9-16-20(19)14-7-5-6-8-15(14)21(16)23/h5-8,16,20H,9H2,1-4H3. The van der Waals surface area contributed by atoms with Crippen LogP contribution in [-0.4, -0.2) is 11.6 Å². The van der Waals surface area contributed by atoms with E-state index < -0.39 is 0 Å². The van der Waals surface area contributed by atoms with E-state index in [-0.39, 0.29) is 23.4 Å². The molecule has 4 rings (SSSR count). The van der Waals surface area contributed by atoms with E-state index in [4.69, 9.17) is 0 Å². The molecule has 2 nitrogen and oxygen atoms in total. The number of hydrogen-bond donors (Lipinski definition) is 0. The largest absolute Gasteiger partial charge is 0.294 e. The van der Waals surface area contributed by atoms with Crippen molar-refractivity contribution in [3.05, 3.63) is 68.8 Å². The maximum Gasteiger partial charge on any atom is 0.167 e. The molecule has 0 aromatic heterocycles. The molecule has 0 radical (unpaired) electrons. The predicted molar refractivity (Wildman–Crippen MR) is 90.4 cm³/mol. The van der Waals surface area contributed by atoms with E-state index in [9.17, 15) is 9.59 Å². The molecule has 0 bridgehead atoms. The van der Waals surface area contributed by atoms with Crippen molar-refractivity contribution in [3.63, 3.8) is 0 Å². The molecule has 0 aliphatic heterocycles. The predicted octanol–water partition coefficient (Wildman–Crippen LogP) is 4.45. The second-order valence-electron chi connectivity index (χ2n) is 6.95. The second-order valence-corrected chi connectivity index (χ2v) is 6.95. The Labute approximate surface area is 136 Å². The number of benzene rings is 2. The van der Waals surface area contributed by atoms with Gasteiger partial charge in [-0.25, -0.2) is 0 Å². The summed E-state index contributed by atoms with van der Waals surface area (Å²) < 4.78 is 0. The van der Waals surface area contributed by atoms with E-state index in [1.54, 1.807) is 0 Å². The Morgan fingerprint density at radius 1 is 0.870 bits per heavy atom. The maximum atomic E-state index is 12.8. The first-order chi connectivity index (χ1) is 10.9. The van der Waals surface area contributed by atoms with Gasteiger partial charge in [0.25, 0.3) is 0 Å². The van der Waals surface area contributed by atoms with E-state index >= 15 is 0 Å². The fourth-order valence-electron chi connectivity index (χ4n) is 4.52. The minimum atomic E-state index is -0.215. The number of hydrogen-bond acceptors (Lipinski definition) is 2. The van der Waals surface area contributed by atoms with Gasteiger partial charge in [0.05, 0.1) is 0 Å². The number of ketones is 2. The smallest absolute Gasteiger partial charge is 0.167 e. The first-order valence-corrected chi connectivity index (χ1v) is 8.20. The van der Waals surface area contributed by atoms with Crippen molar-refractivity contribution in [2.45, 2.75) is 40.0 Å². The summed E-state index contributed by atoms with van der Waals surface area (Å²) in [6.45, 7) is 8.35. The highest BCUT2D eigenvalue weighted by Gasteiger charge is 2.47. The maximum absolute atomic E-state index is 12.8. The summed E-state index contributed by atoms with van der Waals surface area (Å²) in [7, 11) is 0. The lowest BCUT2D eigenvalue weighted by molar-refractivity contribution is 0.0843. The molecule has 0 saturated carbocycles. The zero-order valence-corrected chi connectivity index (χ0v) is 14.0. The number of carbonyl (C=O) groups excluding carboxylic acids is 2. The molecule has 2 aliphatic rings. The van der Waals surface area contributed by atoms with Gasteiger partial charge in [0.15, 0.2) is 11.6 Å². The van der Waals surface area contributed by atoms with Crippen LogP contribution < -0.4 is 0 Å². The lowest BCUT2D eigenvalue weighted by Gasteiger charge is -2.32. The van der Waals surface area contributed by atoms with Crippen LogP contribution in [0.2, 0.25) is 0 Å². The molecule has 2 heteroatoms. The molecule has 23 heavy (non-hydrogen) atoms. The van der Waals surface area contributed by atoms with E-state index in [2.05, 4.69) is 26.8 Å². The Morgan fingerprint density at radius 3 is 2.26 bits per heavy atom. The summed E-state index contributed by atoms with van der Waals surface area (Å²) in [4.78, 5) is 25.6. The molecule has 0 heterocycles. The van der Waals surface area contributed by atoms with Crippen LogP contribution in [0.15, 0.2) is 24.3 Å². The van der Waals surface area contributed by atoms with Crippen molar-refractivity contribution in [2.24, 2.45) is 5.92 Å². The quantitative estimate of drug-likeness (QED) is 0.720. The highest BCUT2D eigenvalue weighted by atomic mass is 16.1. The van der Waals surface area contributed by atoms with Crippen molar-refractivity contribution in [3.8, 4) is 0 Å². The van der Waals surface area contributed by atoms with Crippen molar-refractivity contribution < 1.29 is 9.59 Å². The summed E-state index contributed by atoms with van der Waals surface area (Å²) in [5.41, 5.74) is 8.58. The Bertz CT molecular complexity index is 889. The topological polar surface area (TPSA) is 34.1 Å². The third-order valence-electron chi connectivity index (χ3n) is 6.03. The van der Waals surface area contributed by atoms with Crippen molar-refractivity contribution >= 4 is 11.6 Å². The minimum Gasteiger partial charge on any atom is -0.294 e. The molecular formula is C21H20O2. The van der Waals surface area contributed by atoms with Gasteiger partial charge in [0, 0.05) is 29.4 Å². The molecule has 0 N–H and O–H groups in total. The first-order valence-electron chi connectivity index (χ1n) is 8.20. The molecular weight excluding hydrogens is 284 g/mol. The Morgan fingerprint density at radius 2 is 1.52 bits per heavy atom. The number of Topliss-reactive ketones (excluding diaryl/α,β-unsaturated/α-hetero) is 2. The van der Waals surface area contributed by atoms with Crippen LogP contribution in [0.25, 0.3) is 0 Å². The van der Waals surface area contributed by atoms with Crippen LogP contribution in [0.4, 0.5) is 0 Å². The number of carbonyl (C=O) groups is 2. The van der Waals surface area contributed by atoms with Crippen molar-refractivity contribution in [2.75, 3.05) is 0 Å². The van der Waals surface area contributed by atoms with Gasteiger partial charge in [-0.1, -0.05) is 24.3 Å². The van der Waals surface area contributed by atoms with Gasteiger partial charge in [-0.2, -0.15) is 0 Å². The zero-order chi connectivity index (χ0) is 16.5. The molecule has 0 fully saturated rings. The Hall–Kier alpha value is -2.22. The number of fused-ring (bicyclic) bond motifs is 5. The van der Waals surface area contributed by atoms with Crippen LogP contribution >= 0.6 is 0 Å². The summed E-state index contributed by atoms with van der Waals surface area (Å²) in [5.74, 6) is 0.1000. The zero-order valence-electron chi connectivity index (χ0n) is 14.0. The lowest BCUT2D eigenvalue weighted by atomic mass is 9.70. The van der Waals surface area contributed by atoms with Gasteiger partial charge in [-0.3, -0.25) is 9.59 Å². The average Bonchev–Trinajstić information content (AvgIpc) is 2.83. The molecule has 0 spiro atoms. The first kappa shape index (κ1) is 14.4. The van der Waals surface area contributed by atoms with E-state index in [1.165, 1.54) is 16.7 Å². The van der Waals surface area contributed by atoms with Crippen LogP contribution in [0.5, 0.6) is 0 Å². The fraction of sp³-hybridized carbons (Fsp3) is 0.333. The monoisotopic (exact) mass is 304 g/mol. The molecule has 0 saturated heterocycles. The Balaban J connectivity index is 2.10. The molecule has 2 atom stereocenters. The highest BCUT2D eigenvalue weighted by molar-refractivity contribution is 6.11. The lowest BCUT2D eigenvalue weighted by Crippen LogP contribution is -2.28. The van der Waals surface area contributed by atoms with E-state index in [0.717, 1.165) is 27.8 Å². The third-order valence-corrected chi connectivity index (χ3v) is 6.03. The van der Waals surface area contributed by atoms with Crippen LogP contribution in [0.1, 0.15) is 66.4 Å². The van der Waals surface area contributed by atoms with E-state index in [0.29, 0.717) is 6.42 Å². The number of rotatable bonds is 0. The normalized spacial score (nSPS) is 21.9. The Kier molecular flexibility index (Phi) is 2.90. The summed E-state index contributed by atoms with van der Waals surface area (Å²) >= 11 is 0. The second kappa shape index (κ2) is 4.64. The summed E-state index contributed by atoms with van der Waals surface area (Å²) in [6, 6.07) is 7.87. The van der Waals surface area contributed by atoms with Gasteiger partial charge in [0.2, 0.25) is 0 Å². The minimum absolute atomic E-state index is 0.0457. The van der Waals surface area contributed by atoms with Crippen LogP contribution in [-0.2, 0) is 0 Å². The summed E-state index contributed by atoms with van der Waals surface area (Å²) in [5, 5.41) is 0. The third kappa shape index (κ3) is 1.69. The van der Waals surface area contributed by atoms with Crippen LogP contribution in [0.3, 0.4) is 0 Å². The van der Waals surface area contributed by atoms with Gasteiger partial charge in [-0.05, 0) is 61.1 Å². The molecule has 2 aromatic rings. The molecule has 2 aliphatic carbocycles. The highest BCUT2D eigenvalue weighted by Crippen LogP contribution is 2.50. The molecule has 2 unspecified atom stereocenters. The average molecular weight is 304 g/mol. The summed E-state index contributed by atoms with van der Waals surface area (Å²) in [6.07, 6.45) is 0.341. The fourth-order valence-corrected chi connectivity index (χ4v) is 4.52. The van der Waals surface area contributed by atoms with Crippen molar-refractivity contribution in [1.82, 2.24) is 0 Å². The van der Waals surface area contributed by atoms with E-state index in [1.807, 2.05) is 25.1 Å². The molecule has 0 amide bonds. The van der Waals surface area contributed by atoms with Gasteiger partial charge < -0.3 is 0 Å². The SMILES string of the molecule is Cc1c(C)c(C)c2c(c1C)C(=O)CC1C(=O)c3ccccc3C21. The molecule has 2 aromatic carbocycles.